The first-order chi connectivity index (χ1) is 11.3. The number of halogens is 1. The van der Waals surface area contributed by atoms with E-state index in [1.165, 1.54) is 49.6 Å². The predicted molar refractivity (Wildman–Crippen MR) is 89.0 cm³/mol. The van der Waals surface area contributed by atoms with Gasteiger partial charge in [-0.05, 0) is 30.3 Å². The van der Waals surface area contributed by atoms with Gasteiger partial charge in [0.1, 0.15) is 5.75 Å². The summed E-state index contributed by atoms with van der Waals surface area (Å²) in [5.74, 6) is 0.515. The molecule has 0 atom stereocenters. The molecule has 24 heavy (non-hydrogen) atoms. The number of nitrogens with zero attached hydrogens (tertiary/aromatic N) is 2. The van der Waals surface area contributed by atoms with Gasteiger partial charge in [-0.2, -0.15) is 13.5 Å². The van der Waals surface area contributed by atoms with Crippen molar-refractivity contribution in [1.82, 2.24) is 4.83 Å². The Kier molecular flexibility index (Phi) is 5.37. The number of rotatable bonds is 6. The maximum Gasteiger partial charge on any atom is 0.276 e. The summed E-state index contributed by atoms with van der Waals surface area (Å²) in [7, 11) is -2.41. The van der Waals surface area contributed by atoms with Crippen LogP contribution in [0.25, 0.3) is 0 Å². The van der Waals surface area contributed by atoms with Crippen LogP contribution in [0.4, 0.5) is 5.69 Å². The number of non-ortho nitro benzene ring substituents is 1. The minimum atomic E-state index is -3.88. The Labute approximate surface area is 142 Å². The lowest BCUT2D eigenvalue weighted by Gasteiger charge is -2.04. The van der Waals surface area contributed by atoms with Gasteiger partial charge in [0, 0.05) is 22.7 Å². The quantitative estimate of drug-likeness (QED) is 0.478. The Balaban J connectivity index is 2.18. The highest BCUT2D eigenvalue weighted by Crippen LogP contribution is 2.20. The van der Waals surface area contributed by atoms with Crippen molar-refractivity contribution >= 4 is 33.5 Å². The summed E-state index contributed by atoms with van der Waals surface area (Å²) in [5.41, 5.74) is 0.0298. The van der Waals surface area contributed by atoms with Crippen LogP contribution in [0.3, 0.4) is 0 Å². The van der Waals surface area contributed by atoms with Gasteiger partial charge in [-0.1, -0.05) is 11.6 Å². The van der Waals surface area contributed by atoms with Crippen LogP contribution >= 0.6 is 11.6 Å². The molecular weight excluding hydrogens is 358 g/mol. The predicted octanol–water partition coefficient (Wildman–Crippen LogP) is 2.57. The Morgan fingerprint density at radius 2 is 1.92 bits per heavy atom. The summed E-state index contributed by atoms with van der Waals surface area (Å²) >= 11 is 5.90. The molecule has 2 aromatic rings. The van der Waals surface area contributed by atoms with Gasteiger partial charge >= 0.3 is 0 Å². The molecule has 0 amide bonds. The van der Waals surface area contributed by atoms with Crippen molar-refractivity contribution in [3.63, 3.8) is 0 Å². The van der Waals surface area contributed by atoms with Crippen molar-refractivity contribution in [3.05, 3.63) is 63.2 Å². The minimum Gasteiger partial charge on any atom is -0.497 e. The number of sulfonamides is 1. The average Bonchev–Trinajstić information content (AvgIpc) is 2.56. The highest BCUT2D eigenvalue weighted by molar-refractivity contribution is 7.89. The van der Waals surface area contributed by atoms with E-state index in [1.54, 1.807) is 0 Å². The maximum absolute atomic E-state index is 12.1. The summed E-state index contributed by atoms with van der Waals surface area (Å²) in [6.07, 6.45) is 1.09. The van der Waals surface area contributed by atoms with E-state index in [4.69, 9.17) is 16.3 Å². The van der Waals surface area contributed by atoms with E-state index in [2.05, 4.69) is 5.10 Å². The molecule has 0 aliphatic rings. The SMILES string of the molecule is COc1ccc(S(=O)(=O)N/N=C\c2cc([N+](=O)[O-])ccc2Cl)cc1. The van der Waals surface area contributed by atoms with E-state index in [1.807, 2.05) is 4.83 Å². The molecule has 0 fully saturated rings. The number of benzene rings is 2. The molecule has 0 heterocycles. The highest BCUT2D eigenvalue weighted by Gasteiger charge is 2.13. The lowest BCUT2D eigenvalue weighted by molar-refractivity contribution is -0.384. The molecule has 0 aromatic heterocycles. The van der Waals surface area contributed by atoms with E-state index in [0.717, 1.165) is 6.21 Å². The molecule has 0 saturated heterocycles. The fourth-order valence-electron chi connectivity index (χ4n) is 1.72. The van der Waals surface area contributed by atoms with Crippen LogP contribution in [-0.4, -0.2) is 26.7 Å². The number of nitro groups is 1. The van der Waals surface area contributed by atoms with E-state index in [-0.39, 0.29) is 21.2 Å². The zero-order valence-electron chi connectivity index (χ0n) is 12.3. The Hall–Kier alpha value is -2.65. The number of hydrazone groups is 1. The zero-order valence-corrected chi connectivity index (χ0v) is 13.9. The fourth-order valence-corrected chi connectivity index (χ4v) is 2.67. The number of nitrogens with one attached hydrogen (secondary N) is 1. The van der Waals surface area contributed by atoms with Gasteiger partial charge in [-0.3, -0.25) is 10.1 Å². The molecule has 0 unspecified atom stereocenters. The van der Waals surface area contributed by atoms with Crippen LogP contribution in [0, 0.1) is 10.1 Å². The molecule has 0 radical (unpaired) electrons. The van der Waals surface area contributed by atoms with Crippen molar-refractivity contribution in [2.75, 3.05) is 7.11 Å². The van der Waals surface area contributed by atoms with Crippen LogP contribution in [0.1, 0.15) is 5.56 Å². The third kappa shape index (κ3) is 4.21. The van der Waals surface area contributed by atoms with Crippen molar-refractivity contribution in [1.29, 1.82) is 0 Å². The monoisotopic (exact) mass is 369 g/mol. The minimum absolute atomic E-state index is 0.00871. The fraction of sp³-hybridized carbons (Fsp3) is 0.0714. The molecule has 8 nitrogen and oxygen atoms in total. The zero-order chi connectivity index (χ0) is 17.7. The van der Waals surface area contributed by atoms with Gasteiger partial charge in [-0.15, -0.1) is 0 Å². The van der Waals surface area contributed by atoms with E-state index in [9.17, 15) is 18.5 Å². The average molecular weight is 370 g/mol. The first-order valence-electron chi connectivity index (χ1n) is 6.46. The smallest absolute Gasteiger partial charge is 0.276 e. The van der Waals surface area contributed by atoms with Crippen molar-refractivity contribution in [2.45, 2.75) is 4.90 Å². The number of nitro benzene ring substituents is 1. The van der Waals surface area contributed by atoms with Crippen molar-refractivity contribution < 1.29 is 18.1 Å². The Morgan fingerprint density at radius 1 is 1.25 bits per heavy atom. The van der Waals surface area contributed by atoms with Gasteiger partial charge < -0.3 is 4.74 Å². The van der Waals surface area contributed by atoms with Crippen LogP contribution in [0.15, 0.2) is 52.5 Å². The molecule has 0 aliphatic heterocycles. The summed E-state index contributed by atoms with van der Waals surface area (Å²) in [4.78, 5) is 12.1. The number of hydrogen-bond donors (Lipinski definition) is 1. The Morgan fingerprint density at radius 3 is 2.50 bits per heavy atom. The summed E-state index contributed by atoms with van der Waals surface area (Å²) in [6, 6.07) is 9.47. The van der Waals surface area contributed by atoms with Gasteiger partial charge in [0.25, 0.3) is 15.7 Å². The molecule has 2 aromatic carbocycles. The molecule has 0 spiro atoms. The maximum atomic E-state index is 12.1. The molecule has 0 bridgehead atoms. The topological polar surface area (TPSA) is 111 Å². The standard InChI is InChI=1S/C14H12ClN3O5S/c1-23-12-3-5-13(6-4-12)24(21,22)17-16-9-10-8-11(18(19)20)2-7-14(10)15/h2-9,17H,1H3/b16-9-. The molecule has 0 aliphatic carbocycles. The number of hydrogen-bond acceptors (Lipinski definition) is 6. The first-order valence-corrected chi connectivity index (χ1v) is 8.32. The first kappa shape index (κ1) is 17.7. The van der Waals surface area contributed by atoms with Gasteiger partial charge in [0.2, 0.25) is 0 Å². The molecule has 0 saturated carbocycles. The molecule has 10 heteroatoms. The number of methoxy groups -OCH3 is 1. The van der Waals surface area contributed by atoms with E-state index in [0.29, 0.717) is 5.75 Å². The Bertz CT molecular complexity index is 882. The number of ether oxygens (including phenoxy) is 1. The van der Waals surface area contributed by atoms with Crippen LogP contribution in [0.2, 0.25) is 5.02 Å². The van der Waals surface area contributed by atoms with Crippen LogP contribution in [0.5, 0.6) is 5.75 Å². The third-order valence-electron chi connectivity index (χ3n) is 2.94. The van der Waals surface area contributed by atoms with E-state index < -0.39 is 14.9 Å². The van der Waals surface area contributed by atoms with Crippen molar-refractivity contribution in [3.8, 4) is 5.75 Å². The molecular formula is C14H12ClN3O5S. The van der Waals surface area contributed by atoms with Gasteiger partial charge in [0.15, 0.2) is 0 Å². The summed E-state index contributed by atoms with van der Waals surface area (Å²) in [6.45, 7) is 0. The van der Waals surface area contributed by atoms with E-state index >= 15 is 0 Å². The highest BCUT2D eigenvalue weighted by atomic mass is 35.5. The summed E-state index contributed by atoms with van der Waals surface area (Å²) < 4.78 is 29.1. The lowest BCUT2D eigenvalue weighted by atomic mass is 10.2. The second-order valence-corrected chi connectivity index (χ2v) is 6.56. The van der Waals surface area contributed by atoms with Crippen molar-refractivity contribution in [2.24, 2.45) is 5.10 Å². The van der Waals surface area contributed by atoms with Crippen LogP contribution in [-0.2, 0) is 10.0 Å². The normalized spacial score (nSPS) is 11.4. The second-order valence-electron chi connectivity index (χ2n) is 4.49. The van der Waals surface area contributed by atoms with Gasteiger partial charge in [0.05, 0.1) is 23.1 Å². The molecule has 1 N–H and O–H groups in total. The summed E-state index contributed by atoms with van der Waals surface area (Å²) in [5, 5.41) is 14.5. The second kappa shape index (κ2) is 7.28. The lowest BCUT2D eigenvalue weighted by Crippen LogP contribution is -2.18. The van der Waals surface area contributed by atoms with Gasteiger partial charge in [-0.25, -0.2) is 4.83 Å². The molecule has 126 valence electrons. The third-order valence-corrected chi connectivity index (χ3v) is 4.52. The van der Waals surface area contributed by atoms with Crippen LogP contribution < -0.4 is 9.57 Å². The largest absolute Gasteiger partial charge is 0.497 e. The molecule has 2 rings (SSSR count).